The van der Waals surface area contributed by atoms with Crippen LogP contribution in [0.5, 0.6) is 11.6 Å². The predicted molar refractivity (Wildman–Crippen MR) is 91.9 cm³/mol. The fourth-order valence-electron chi connectivity index (χ4n) is 2.11. The number of hydrogen-bond donors (Lipinski definition) is 2. The average Bonchev–Trinajstić information content (AvgIpc) is 2.57. The molecule has 122 valence electrons. The van der Waals surface area contributed by atoms with Gasteiger partial charge in [0.25, 0.3) is 0 Å². The van der Waals surface area contributed by atoms with Gasteiger partial charge in [-0.15, -0.1) is 0 Å². The summed E-state index contributed by atoms with van der Waals surface area (Å²) in [7, 11) is 1.87. The second-order valence-corrected chi connectivity index (χ2v) is 5.24. The monoisotopic (exact) mass is 313 g/mol. The zero-order valence-electron chi connectivity index (χ0n) is 13.6. The maximum Gasteiger partial charge on any atom is 0.224 e. The molecule has 0 aliphatic carbocycles. The molecule has 2 rings (SSSR count). The average molecular weight is 313 g/mol. The largest absolute Gasteiger partial charge is 0.439 e. The molecule has 1 heterocycles. The molecule has 0 spiro atoms. The van der Waals surface area contributed by atoms with E-state index in [-0.39, 0.29) is 5.91 Å². The summed E-state index contributed by atoms with van der Waals surface area (Å²) in [5.41, 5.74) is 1.89. The molecule has 1 aromatic carbocycles. The minimum absolute atomic E-state index is 0.00800. The van der Waals surface area contributed by atoms with Gasteiger partial charge in [0.15, 0.2) is 0 Å². The Balaban J connectivity index is 1.90. The molecule has 0 saturated carbocycles. The number of ether oxygens (including phenoxy) is 1. The van der Waals surface area contributed by atoms with Crippen LogP contribution in [0.15, 0.2) is 42.6 Å². The quantitative estimate of drug-likeness (QED) is 0.733. The van der Waals surface area contributed by atoms with Gasteiger partial charge < -0.3 is 15.4 Å². The molecule has 2 N–H and O–H groups in total. The summed E-state index contributed by atoms with van der Waals surface area (Å²) in [5.74, 6) is 1.26. The highest BCUT2D eigenvalue weighted by Gasteiger charge is 2.04. The molecule has 5 nitrogen and oxygen atoms in total. The van der Waals surface area contributed by atoms with Gasteiger partial charge in [0, 0.05) is 12.5 Å². The minimum Gasteiger partial charge on any atom is -0.439 e. The summed E-state index contributed by atoms with van der Waals surface area (Å²) in [6.45, 7) is 2.93. The number of aryl methyl sites for hydroxylation is 1. The molecule has 0 radical (unpaired) electrons. The Labute approximate surface area is 137 Å². The van der Waals surface area contributed by atoms with Crippen molar-refractivity contribution in [1.82, 2.24) is 10.3 Å². The van der Waals surface area contributed by atoms with Crippen molar-refractivity contribution < 1.29 is 9.53 Å². The first-order valence-corrected chi connectivity index (χ1v) is 7.88. The van der Waals surface area contributed by atoms with E-state index in [2.05, 4.69) is 28.6 Å². The van der Waals surface area contributed by atoms with E-state index in [4.69, 9.17) is 4.74 Å². The smallest absolute Gasteiger partial charge is 0.224 e. The van der Waals surface area contributed by atoms with Gasteiger partial charge in [0.1, 0.15) is 5.75 Å². The lowest BCUT2D eigenvalue weighted by Crippen LogP contribution is -2.15. The van der Waals surface area contributed by atoms with E-state index in [1.165, 1.54) is 5.56 Å². The molecule has 5 heteroatoms. The number of benzene rings is 1. The number of carbonyl (C=O) groups is 1. The maximum atomic E-state index is 11.7. The fourth-order valence-corrected chi connectivity index (χ4v) is 2.11. The van der Waals surface area contributed by atoms with E-state index in [1.54, 1.807) is 18.3 Å². The summed E-state index contributed by atoms with van der Waals surface area (Å²) in [5, 5.41) is 5.84. The highest BCUT2D eigenvalue weighted by atomic mass is 16.5. The zero-order valence-corrected chi connectivity index (χ0v) is 13.6. The van der Waals surface area contributed by atoms with Crippen LogP contribution in [-0.2, 0) is 11.2 Å². The summed E-state index contributed by atoms with van der Waals surface area (Å²) < 4.78 is 5.73. The Morgan fingerprint density at radius 3 is 2.83 bits per heavy atom. The SMILES string of the molecule is CCc1cccc(Oc2ccc(NC(=O)CCCNC)cn2)c1. The number of amides is 1. The summed E-state index contributed by atoms with van der Waals surface area (Å²) in [6.07, 6.45) is 3.87. The van der Waals surface area contributed by atoms with E-state index < -0.39 is 0 Å². The molecular formula is C18H23N3O2. The molecular weight excluding hydrogens is 290 g/mol. The number of pyridine rings is 1. The van der Waals surface area contributed by atoms with Gasteiger partial charge in [-0.1, -0.05) is 19.1 Å². The molecule has 1 amide bonds. The van der Waals surface area contributed by atoms with E-state index in [0.717, 1.165) is 25.1 Å². The van der Waals surface area contributed by atoms with Crippen molar-refractivity contribution in [1.29, 1.82) is 0 Å². The Morgan fingerprint density at radius 1 is 1.26 bits per heavy atom. The van der Waals surface area contributed by atoms with Crippen molar-refractivity contribution in [2.75, 3.05) is 18.9 Å². The second-order valence-electron chi connectivity index (χ2n) is 5.24. The van der Waals surface area contributed by atoms with Crippen LogP contribution in [-0.4, -0.2) is 24.5 Å². The van der Waals surface area contributed by atoms with Gasteiger partial charge in [-0.05, 0) is 50.2 Å². The third kappa shape index (κ3) is 5.71. The third-order valence-electron chi connectivity index (χ3n) is 3.38. The lowest BCUT2D eigenvalue weighted by Gasteiger charge is -2.08. The van der Waals surface area contributed by atoms with E-state index in [9.17, 15) is 4.79 Å². The molecule has 0 atom stereocenters. The predicted octanol–water partition coefficient (Wildman–Crippen LogP) is 3.37. The fraction of sp³-hybridized carbons (Fsp3) is 0.333. The van der Waals surface area contributed by atoms with E-state index in [0.29, 0.717) is 18.0 Å². The van der Waals surface area contributed by atoms with Gasteiger partial charge in [0.2, 0.25) is 11.8 Å². The summed E-state index contributed by atoms with van der Waals surface area (Å²) >= 11 is 0. The Hall–Kier alpha value is -2.40. The number of carbonyl (C=O) groups excluding carboxylic acids is 1. The maximum absolute atomic E-state index is 11.7. The number of hydrogen-bond acceptors (Lipinski definition) is 4. The van der Waals surface area contributed by atoms with Gasteiger partial charge in [-0.2, -0.15) is 0 Å². The number of anilines is 1. The van der Waals surface area contributed by atoms with Crippen LogP contribution in [0.25, 0.3) is 0 Å². The highest BCUT2D eigenvalue weighted by molar-refractivity contribution is 5.90. The first-order chi connectivity index (χ1) is 11.2. The number of rotatable bonds is 8. The standard InChI is InChI=1S/C18H23N3O2/c1-3-14-6-4-7-16(12-14)23-18-10-9-15(13-20-18)21-17(22)8-5-11-19-2/h4,6-7,9-10,12-13,19H,3,5,8,11H2,1-2H3,(H,21,22). The third-order valence-corrected chi connectivity index (χ3v) is 3.38. The first kappa shape index (κ1) is 17.0. The van der Waals surface area contributed by atoms with Gasteiger partial charge in [-0.3, -0.25) is 4.79 Å². The Kier molecular flexibility index (Phi) is 6.56. The van der Waals surface area contributed by atoms with Crippen molar-refractivity contribution in [3.05, 3.63) is 48.2 Å². The molecule has 0 fully saturated rings. The Morgan fingerprint density at radius 2 is 2.13 bits per heavy atom. The molecule has 0 saturated heterocycles. The molecule has 1 aromatic heterocycles. The van der Waals surface area contributed by atoms with Crippen molar-refractivity contribution in [2.45, 2.75) is 26.2 Å². The van der Waals surface area contributed by atoms with Crippen molar-refractivity contribution in [3.8, 4) is 11.6 Å². The Bertz CT molecular complexity index is 626. The number of nitrogens with one attached hydrogen (secondary N) is 2. The van der Waals surface area contributed by atoms with Crippen LogP contribution < -0.4 is 15.4 Å². The summed E-state index contributed by atoms with van der Waals surface area (Å²) in [4.78, 5) is 16.0. The molecule has 0 aliphatic heterocycles. The van der Waals surface area contributed by atoms with Gasteiger partial charge >= 0.3 is 0 Å². The van der Waals surface area contributed by atoms with Gasteiger partial charge in [-0.25, -0.2) is 4.98 Å². The molecule has 0 bridgehead atoms. The van der Waals surface area contributed by atoms with Crippen LogP contribution >= 0.6 is 0 Å². The summed E-state index contributed by atoms with van der Waals surface area (Å²) in [6, 6.07) is 11.5. The lowest BCUT2D eigenvalue weighted by atomic mass is 10.2. The molecule has 2 aromatic rings. The lowest BCUT2D eigenvalue weighted by molar-refractivity contribution is -0.116. The van der Waals surface area contributed by atoms with Crippen LogP contribution in [0, 0.1) is 0 Å². The van der Waals surface area contributed by atoms with E-state index >= 15 is 0 Å². The second kappa shape index (κ2) is 8.90. The van der Waals surface area contributed by atoms with Crippen molar-refractivity contribution in [3.63, 3.8) is 0 Å². The number of nitrogens with zero attached hydrogens (tertiary/aromatic N) is 1. The van der Waals surface area contributed by atoms with Crippen LogP contribution in [0.2, 0.25) is 0 Å². The molecule has 0 aliphatic rings. The molecule has 23 heavy (non-hydrogen) atoms. The van der Waals surface area contributed by atoms with Crippen molar-refractivity contribution >= 4 is 11.6 Å². The van der Waals surface area contributed by atoms with Crippen LogP contribution in [0.1, 0.15) is 25.3 Å². The van der Waals surface area contributed by atoms with Crippen molar-refractivity contribution in [2.24, 2.45) is 0 Å². The minimum atomic E-state index is -0.00800. The topological polar surface area (TPSA) is 63.2 Å². The van der Waals surface area contributed by atoms with Crippen LogP contribution in [0.3, 0.4) is 0 Å². The number of aromatic nitrogens is 1. The highest BCUT2D eigenvalue weighted by Crippen LogP contribution is 2.21. The van der Waals surface area contributed by atoms with E-state index in [1.807, 2.05) is 25.2 Å². The normalized spacial score (nSPS) is 10.3. The first-order valence-electron chi connectivity index (χ1n) is 7.88. The molecule has 0 unspecified atom stereocenters. The zero-order chi connectivity index (χ0) is 16.5. The van der Waals surface area contributed by atoms with Crippen LogP contribution in [0.4, 0.5) is 5.69 Å². The van der Waals surface area contributed by atoms with Gasteiger partial charge in [0.05, 0.1) is 11.9 Å².